The van der Waals surface area contributed by atoms with Crippen LogP contribution in [0.15, 0.2) is 40.1 Å². The number of anilines is 1. The molecule has 9 nitrogen and oxygen atoms in total. The van der Waals surface area contributed by atoms with E-state index in [1.165, 1.54) is 12.1 Å². The van der Waals surface area contributed by atoms with Crippen molar-refractivity contribution in [3.63, 3.8) is 0 Å². The highest BCUT2D eigenvalue weighted by Crippen LogP contribution is 2.21. The number of rotatable bonds is 3. The monoisotopic (exact) mass is 314 g/mol. The summed E-state index contributed by atoms with van der Waals surface area (Å²) < 4.78 is 0. The van der Waals surface area contributed by atoms with Crippen LogP contribution in [0, 0.1) is 0 Å². The molecule has 0 bridgehead atoms. The first-order chi connectivity index (χ1) is 11.0. The molecule has 1 aliphatic rings. The summed E-state index contributed by atoms with van der Waals surface area (Å²) in [7, 11) is 0. The lowest BCUT2D eigenvalue weighted by Gasteiger charge is -2.13. The number of aromatic nitrogens is 2. The van der Waals surface area contributed by atoms with Crippen molar-refractivity contribution in [3.8, 4) is 0 Å². The second kappa shape index (κ2) is 5.37. The highest BCUT2D eigenvalue weighted by molar-refractivity contribution is 6.22. The summed E-state index contributed by atoms with van der Waals surface area (Å²) in [5, 5.41) is 2.23. The zero-order chi connectivity index (χ0) is 16.6. The number of hydrogen-bond donors (Lipinski definition) is 3. The normalized spacial score (nSPS) is 13.1. The Morgan fingerprint density at radius 3 is 2.22 bits per heavy atom. The standard InChI is InChI=1S/C14H10N4O5/c19-10(16-9-5-15-14(23)17-11(9)20)6-18-12(21)7-3-1-2-4-8(7)13(18)22/h1-5H,6H2,(H,16,19)(H2,15,17,20,23). The number of nitrogens with one attached hydrogen (secondary N) is 3. The number of H-pyrrole nitrogens is 2. The first-order valence-electron chi connectivity index (χ1n) is 6.54. The predicted molar refractivity (Wildman–Crippen MR) is 78.1 cm³/mol. The molecule has 9 heteroatoms. The van der Waals surface area contributed by atoms with Gasteiger partial charge in [-0.2, -0.15) is 0 Å². The fraction of sp³-hybridized carbons (Fsp3) is 0.0714. The fourth-order valence-electron chi connectivity index (χ4n) is 2.22. The number of carbonyl (C=O) groups excluding carboxylic acids is 3. The third-order valence-corrected chi connectivity index (χ3v) is 3.27. The quantitative estimate of drug-likeness (QED) is 0.644. The topological polar surface area (TPSA) is 132 Å². The van der Waals surface area contributed by atoms with Gasteiger partial charge in [-0.25, -0.2) is 4.79 Å². The molecule has 116 valence electrons. The van der Waals surface area contributed by atoms with Gasteiger partial charge in [0, 0.05) is 6.20 Å². The maximum Gasteiger partial charge on any atom is 0.325 e. The molecule has 0 fully saturated rings. The van der Waals surface area contributed by atoms with Gasteiger partial charge in [0.15, 0.2) is 0 Å². The summed E-state index contributed by atoms with van der Waals surface area (Å²) >= 11 is 0. The van der Waals surface area contributed by atoms with Crippen molar-refractivity contribution >= 4 is 23.4 Å². The van der Waals surface area contributed by atoms with Crippen LogP contribution in [0.5, 0.6) is 0 Å². The lowest BCUT2D eigenvalue weighted by Crippen LogP contribution is -2.38. The number of hydrogen-bond acceptors (Lipinski definition) is 5. The molecule has 1 aliphatic heterocycles. The molecule has 0 saturated heterocycles. The van der Waals surface area contributed by atoms with Crippen molar-refractivity contribution in [2.24, 2.45) is 0 Å². The molecule has 0 radical (unpaired) electrons. The Morgan fingerprint density at radius 1 is 1.04 bits per heavy atom. The van der Waals surface area contributed by atoms with E-state index in [0.717, 1.165) is 11.1 Å². The first-order valence-corrected chi connectivity index (χ1v) is 6.54. The number of fused-ring (bicyclic) bond motifs is 1. The van der Waals surface area contributed by atoms with Crippen LogP contribution in [-0.4, -0.2) is 39.1 Å². The Hall–Kier alpha value is -3.49. The van der Waals surface area contributed by atoms with Crippen LogP contribution in [0.2, 0.25) is 0 Å². The third kappa shape index (κ3) is 2.55. The number of imide groups is 1. The smallest absolute Gasteiger partial charge is 0.319 e. The largest absolute Gasteiger partial charge is 0.325 e. The molecular formula is C14H10N4O5. The van der Waals surface area contributed by atoms with Gasteiger partial charge in [0.2, 0.25) is 5.91 Å². The van der Waals surface area contributed by atoms with Crippen LogP contribution < -0.4 is 16.6 Å². The van der Waals surface area contributed by atoms with E-state index in [0.29, 0.717) is 0 Å². The number of aromatic amines is 2. The predicted octanol–water partition coefficient (Wildman–Crippen LogP) is -0.702. The first kappa shape index (κ1) is 14.4. The number of amides is 3. The van der Waals surface area contributed by atoms with Crippen LogP contribution in [0.3, 0.4) is 0 Å². The Kier molecular flexibility index (Phi) is 3.37. The van der Waals surface area contributed by atoms with Crippen molar-refractivity contribution in [1.82, 2.24) is 14.9 Å². The second-order valence-corrected chi connectivity index (χ2v) is 4.78. The lowest BCUT2D eigenvalue weighted by atomic mass is 10.1. The average Bonchev–Trinajstić information content (AvgIpc) is 2.76. The summed E-state index contributed by atoms with van der Waals surface area (Å²) in [6.45, 7) is -0.537. The minimum Gasteiger partial charge on any atom is -0.319 e. The minimum absolute atomic E-state index is 0.189. The molecule has 2 heterocycles. The molecule has 0 spiro atoms. The Bertz CT molecular complexity index is 907. The highest BCUT2D eigenvalue weighted by Gasteiger charge is 2.36. The van der Waals surface area contributed by atoms with Crippen molar-refractivity contribution in [1.29, 1.82) is 0 Å². The van der Waals surface area contributed by atoms with Gasteiger partial charge in [-0.15, -0.1) is 0 Å². The summed E-state index contributed by atoms with van der Waals surface area (Å²) in [4.78, 5) is 63.5. The van der Waals surface area contributed by atoms with Crippen LogP contribution in [0.25, 0.3) is 0 Å². The van der Waals surface area contributed by atoms with Gasteiger partial charge in [0.25, 0.3) is 17.4 Å². The number of nitrogens with zero attached hydrogens (tertiary/aromatic N) is 1. The number of carbonyl (C=O) groups is 3. The van der Waals surface area contributed by atoms with Crippen LogP contribution >= 0.6 is 0 Å². The maximum atomic E-state index is 12.1. The molecule has 0 aliphatic carbocycles. The van der Waals surface area contributed by atoms with Gasteiger partial charge < -0.3 is 10.3 Å². The van der Waals surface area contributed by atoms with Gasteiger partial charge in [-0.1, -0.05) is 12.1 Å². The van der Waals surface area contributed by atoms with Crippen LogP contribution in [0.1, 0.15) is 20.7 Å². The summed E-state index contributed by atoms with van der Waals surface area (Å²) in [6, 6.07) is 6.24. The molecule has 1 aromatic carbocycles. The molecule has 3 N–H and O–H groups in total. The average molecular weight is 314 g/mol. The molecule has 0 atom stereocenters. The zero-order valence-electron chi connectivity index (χ0n) is 11.6. The molecule has 2 aromatic rings. The molecule has 1 aromatic heterocycles. The Morgan fingerprint density at radius 2 is 1.65 bits per heavy atom. The number of benzene rings is 1. The molecular weight excluding hydrogens is 304 g/mol. The van der Waals surface area contributed by atoms with Crippen molar-refractivity contribution in [2.75, 3.05) is 11.9 Å². The molecule has 0 saturated carbocycles. The van der Waals surface area contributed by atoms with Crippen LogP contribution in [0.4, 0.5) is 5.69 Å². The van der Waals surface area contributed by atoms with Crippen molar-refractivity contribution < 1.29 is 14.4 Å². The van der Waals surface area contributed by atoms with E-state index in [2.05, 4.69) is 10.3 Å². The molecule has 3 rings (SSSR count). The summed E-state index contributed by atoms with van der Waals surface area (Å²) in [5.41, 5.74) is -1.23. The highest BCUT2D eigenvalue weighted by atomic mass is 16.2. The van der Waals surface area contributed by atoms with E-state index in [9.17, 15) is 24.0 Å². The van der Waals surface area contributed by atoms with Gasteiger partial charge in [0.05, 0.1) is 11.1 Å². The Labute approximate surface area is 127 Å². The van der Waals surface area contributed by atoms with E-state index in [-0.39, 0.29) is 16.8 Å². The van der Waals surface area contributed by atoms with Gasteiger partial charge >= 0.3 is 5.69 Å². The van der Waals surface area contributed by atoms with E-state index >= 15 is 0 Å². The minimum atomic E-state index is -0.788. The molecule has 23 heavy (non-hydrogen) atoms. The van der Waals surface area contributed by atoms with Gasteiger partial charge in [-0.3, -0.25) is 29.1 Å². The van der Waals surface area contributed by atoms with E-state index < -0.39 is 35.5 Å². The second-order valence-electron chi connectivity index (χ2n) is 4.78. The fourth-order valence-corrected chi connectivity index (χ4v) is 2.22. The summed E-state index contributed by atoms with van der Waals surface area (Å²) in [5.74, 6) is -1.88. The molecule has 0 unspecified atom stereocenters. The van der Waals surface area contributed by atoms with Gasteiger partial charge in [-0.05, 0) is 12.1 Å². The van der Waals surface area contributed by atoms with Crippen molar-refractivity contribution in [3.05, 3.63) is 62.4 Å². The summed E-state index contributed by atoms with van der Waals surface area (Å²) in [6.07, 6.45) is 1.03. The van der Waals surface area contributed by atoms with E-state index in [1.807, 2.05) is 4.98 Å². The van der Waals surface area contributed by atoms with Gasteiger partial charge in [0.1, 0.15) is 12.2 Å². The Balaban J connectivity index is 1.77. The molecule has 3 amide bonds. The lowest BCUT2D eigenvalue weighted by molar-refractivity contribution is -0.116. The maximum absolute atomic E-state index is 12.1. The van der Waals surface area contributed by atoms with Crippen molar-refractivity contribution in [2.45, 2.75) is 0 Å². The van der Waals surface area contributed by atoms with Crippen LogP contribution in [-0.2, 0) is 4.79 Å². The van der Waals surface area contributed by atoms with E-state index in [1.54, 1.807) is 12.1 Å². The zero-order valence-corrected chi connectivity index (χ0v) is 11.6. The SMILES string of the molecule is O=C(CN1C(=O)c2ccccc2C1=O)Nc1c[nH]c(=O)[nH]c1=O. The van der Waals surface area contributed by atoms with E-state index in [4.69, 9.17) is 0 Å². The third-order valence-electron chi connectivity index (χ3n) is 3.27.